The minimum Gasteiger partial charge on any atom is -0.351 e. The molecule has 3 aromatic rings. The van der Waals surface area contributed by atoms with Crippen molar-refractivity contribution in [2.75, 3.05) is 13.1 Å². The lowest BCUT2D eigenvalue weighted by Gasteiger charge is -2.13. The first kappa shape index (κ1) is 21.0. The van der Waals surface area contributed by atoms with E-state index in [0.717, 1.165) is 29.0 Å². The molecule has 162 valence electrons. The molecule has 2 heterocycles. The van der Waals surface area contributed by atoms with Crippen molar-refractivity contribution in [3.63, 3.8) is 0 Å². The highest BCUT2D eigenvalue weighted by molar-refractivity contribution is 5.84. The van der Waals surface area contributed by atoms with Gasteiger partial charge in [0.25, 0.3) is 0 Å². The number of fused-ring (bicyclic) bond motifs is 1. The Morgan fingerprint density at radius 2 is 2.00 bits per heavy atom. The summed E-state index contributed by atoms with van der Waals surface area (Å²) in [5, 5.41) is 9.01. The van der Waals surface area contributed by atoms with E-state index in [2.05, 4.69) is 39.6 Å². The van der Waals surface area contributed by atoms with Gasteiger partial charge in [-0.05, 0) is 36.6 Å². The molecule has 1 aliphatic rings. The summed E-state index contributed by atoms with van der Waals surface area (Å²) in [6, 6.07) is 15.8. The largest absolute Gasteiger partial charge is 0.351 e. The van der Waals surface area contributed by atoms with Gasteiger partial charge in [-0.15, -0.1) is 0 Å². The summed E-state index contributed by atoms with van der Waals surface area (Å²) < 4.78 is 2.10. The van der Waals surface area contributed by atoms with Crippen LogP contribution in [0.3, 0.4) is 0 Å². The Kier molecular flexibility index (Phi) is 6.29. The highest BCUT2D eigenvalue weighted by Gasteiger charge is 2.30. The number of aryl methyl sites for hydroxylation is 1. The summed E-state index contributed by atoms with van der Waals surface area (Å²) in [5.74, 6) is 0.462. The summed E-state index contributed by atoms with van der Waals surface area (Å²) in [4.78, 5) is 29.1. The minimum atomic E-state index is -0.358. The maximum absolute atomic E-state index is 12.8. The molecule has 2 atom stereocenters. The summed E-state index contributed by atoms with van der Waals surface area (Å²) in [7, 11) is 0. The van der Waals surface area contributed by atoms with Crippen molar-refractivity contribution in [2.24, 2.45) is 5.73 Å². The van der Waals surface area contributed by atoms with Gasteiger partial charge in [-0.1, -0.05) is 37.3 Å². The third-order valence-corrected chi connectivity index (χ3v) is 5.65. The molecule has 1 aromatic heterocycles. The van der Waals surface area contributed by atoms with Gasteiger partial charge >= 0.3 is 0 Å². The van der Waals surface area contributed by atoms with Crippen molar-refractivity contribution in [3.8, 4) is 5.69 Å². The smallest absolute Gasteiger partial charge is 0.237 e. The molecule has 2 amide bonds. The van der Waals surface area contributed by atoms with E-state index in [9.17, 15) is 9.59 Å². The molecule has 5 N–H and O–H groups in total. The fourth-order valence-corrected chi connectivity index (χ4v) is 4.10. The second-order valence-corrected chi connectivity index (χ2v) is 7.72. The number of hydrogen-bond donors (Lipinski definition) is 4. The van der Waals surface area contributed by atoms with Gasteiger partial charge in [-0.2, -0.15) is 0 Å². The second kappa shape index (κ2) is 9.28. The van der Waals surface area contributed by atoms with Crippen molar-refractivity contribution in [2.45, 2.75) is 38.4 Å². The lowest BCUT2D eigenvalue weighted by molar-refractivity contribution is -0.123. The van der Waals surface area contributed by atoms with Crippen molar-refractivity contribution in [1.82, 2.24) is 25.5 Å². The van der Waals surface area contributed by atoms with Crippen LogP contribution in [-0.4, -0.2) is 46.5 Å². The van der Waals surface area contributed by atoms with Crippen LogP contribution in [0.15, 0.2) is 48.5 Å². The Balaban J connectivity index is 1.53. The first-order valence-electron chi connectivity index (χ1n) is 10.7. The maximum Gasteiger partial charge on any atom is 0.237 e. The molecule has 0 bridgehead atoms. The Morgan fingerprint density at radius 1 is 1.19 bits per heavy atom. The molecule has 0 unspecified atom stereocenters. The molecule has 0 spiro atoms. The highest BCUT2D eigenvalue weighted by Crippen LogP contribution is 2.24. The fraction of sp³-hybridized carbons (Fsp3) is 0.348. The van der Waals surface area contributed by atoms with Crippen molar-refractivity contribution < 1.29 is 9.59 Å². The van der Waals surface area contributed by atoms with Gasteiger partial charge in [0.15, 0.2) is 0 Å². The van der Waals surface area contributed by atoms with Gasteiger partial charge in [0, 0.05) is 18.3 Å². The zero-order valence-electron chi connectivity index (χ0n) is 17.6. The van der Waals surface area contributed by atoms with Crippen LogP contribution in [0.25, 0.3) is 16.7 Å². The molecule has 0 saturated carbocycles. The van der Waals surface area contributed by atoms with E-state index >= 15 is 0 Å². The summed E-state index contributed by atoms with van der Waals surface area (Å²) in [5.41, 5.74) is 9.52. The third-order valence-electron chi connectivity index (χ3n) is 5.65. The summed E-state index contributed by atoms with van der Waals surface area (Å²) in [6.07, 6.45) is 1.42. The normalized spacial score (nSPS) is 18.3. The van der Waals surface area contributed by atoms with Crippen molar-refractivity contribution >= 4 is 22.8 Å². The van der Waals surface area contributed by atoms with E-state index < -0.39 is 0 Å². The van der Waals surface area contributed by atoms with E-state index in [1.54, 1.807) is 0 Å². The van der Waals surface area contributed by atoms with Gasteiger partial charge < -0.3 is 21.7 Å². The number of nitrogens with zero attached hydrogens (tertiary/aromatic N) is 2. The topological polar surface area (TPSA) is 114 Å². The molecule has 4 rings (SSSR count). The molecule has 0 aliphatic carbocycles. The summed E-state index contributed by atoms with van der Waals surface area (Å²) >= 11 is 0. The SMILES string of the molecule is CCc1cccc2c1nc(CNC(=O)[C@@H]1C[C@@H](NC(=O)CN)CN1)n2-c1ccccc1. The average molecular weight is 421 g/mol. The van der Waals surface area contributed by atoms with Gasteiger partial charge in [-0.25, -0.2) is 4.98 Å². The van der Waals surface area contributed by atoms with E-state index in [-0.39, 0.29) is 30.4 Å². The predicted molar refractivity (Wildman–Crippen MR) is 120 cm³/mol. The van der Waals surface area contributed by atoms with Gasteiger partial charge in [0.05, 0.1) is 30.2 Å². The van der Waals surface area contributed by atoms with Gasteiger partial charge in [0.1, 0.15) is 5.82 Å². The number of carbonyl (C=O) groups is 2. The number of hydrogen-bond acceptors (Lipinski definition) is 5. The Labute approximate surface area is 181 Å². The number of rotatable bonds is 7. The number of nitrogens with one attached hydrogen (secondary N) is 3. The molecule has 1 saturated heterocycles. The zero-order valence-corrected chi connectivity index (χ0v) is 17.6. The molecule has 1 fully saturated rings. The second-order valence-electron chi connectivity index (χ2n) is 7.72. The van der Waals surface area contributed by atoms with E-state index in [1.807, 2.05) is 36.4 Å². The Hall–Kier alpha value is -3.23. The number of imidazole rings is 1. The van der Waals surface area contributed by atoms with Gasteiger partial charge in [-0.3, -0.25) is 14.2 Å². The number of nitrogens with two attached hydrogens (primary N) is 1. The molecule has 1 aliphatic heterocycles. The van der Waals surface area contributed by atoms with Crippen LogP contribution in [0, 0.1) is 0 Å². The number of para-hydroxylation sites is 2. The number of benzene rings is 2. The maximum atomic E-state index is 12.8. The molecular weight excluding hydrogens is 392 g/mol. The van der Waals surface area contributed by atoms with Crippen LogP contribution < -0.4 is 21.7 Å². The van der Waals surface area contributed by atoms with Crippen molar-refractivity contribution in [1.29, 1.82) is 0 Å². The lowest BCUT2D eigenvalue weighted by atomic mass is 10.1. The van der Waals surface area contributed by atoms with Crippen LogP contribution in [0.2, 0.25) is 0 Å². The lowest BCUT2D eigenvalue weighted by Crippen LogP contribution is -2.40. The monoisotopic (exact) mass is 420 g/mol. The quantitative estimate of drug-likeness (QED) is 0.456. The van der Waals surface area contributed by atoms with Crippen LogP contribution in [-0.2, 0) is 22.6 Å². The van der Waals surface area contributed by atoms with Crippen molar-refractivity contribution in [3.05, 3.63) is 59.9 Å². The van der Waals surface area contributed by atoms with E-state index in [0.29, 0.717) is 19.5 Å². The van der Waals surface area contributed by atoms with Crippen LogP contribution >= 0.6 is 0 Å². The number of aromatic nitrogens is 2. The molecule has 2 aromatic carbocycles. The zero-order chi connectivity index (χ0) is 21.8. The third kappa shape index (κ3) is 4.45. The highest BCUT2D eigenvalue weighted by atomic mass is 16.2. The Morgan fingerprint density at radius 3 is 2.74 bits per heavy atom. The van der Waals surface area contributed by atoms with Crippen LogP contribution in [0.1, 0.15) is 24.7 Å². The number of carbonyl (C=O) groups excluding carboxylic acids is 2. The predicted octanol–water partition coefficient (Wildman–Crippen LogP) is 1.01. The average Bonchev–Trinajstić information content (AvgIpc) is 3.42. The summed E-state index contributed by atoms with van der Waals surface area (Å²) in [6.45, 7) is 2.92. The Bertz CT molecular complexity index is 1080. The fourth-order valence-electron chi connectivity index (χ4n) is 4.10. The van der Waals surface area contributed by atoms with E-state index in [1.165, 1.54) is 5.56 Å². The standard InChI is InChI=1S/C23H28N6O2/c1-2-15-7-6-10-19-22(15)28-20(29(19)17-8-4-3-5-9-17)14-26-23(31)18-11-16(13-25-18)27-21(30)12-24/h3-10,16,18,25H,2,11-14,24H2,1H3,(H,26,31)(H,27,30)/t16-,18+/m1/s1. The number of amides is 2. The molecule has 31 heavy (non-hydrogen) atoms. The minimum absolute atomic E-state index is 0.0528. The van der Waals surface area contributed by atoms with Crippen LogP contribution in [0.5, 0.6) is 0 Å². The molecule has 0 radical (unpaired) electrons. The van der Waals surface area contributed by atoms with Gasteiger partial charge in [0.2, 0.25) is 11.8 Å². The molecule has 8 nitrogen and oxygen atoms in total. The first-order chi connectivity index (χ1) is 15.1. The molecular formula is C23H28N6O2. The first-order valence-corrected chi connectivity index (χ1v) is 10.7. The van der Waals surface area contributed by atoms with E-state index in [4.69, 9.17) is 10.7 Å². The molecule has 8 heteroatoms. The van der Waals surface area contributed by atoms with Crippen LogP contribution in [0.4, 0.5) is 0 Å².